The number of ketones is 1. The molecule has 49 heavy (non-hydrogen) atoms. The standard InChI is InChI=1S/C28H29N4Se.C13H24O2.Ir/c1-16-29-14-19-11-18(12-21(23(19)32-16)28(5,6)7)24-26-25(31-15-30-24)20-9-8-17(10-22(20)33-26)13-27(2,3)4;1-5-10(6-2)12(14)9-13(15)11(7-3)8-4;/h8-10,12,14-15H,13H2,1-7H3;9-11,14H,5-8H2,1-4H3;/q-1;;/b;12-9-;. The van der Waals surface area contributed by atoms with E-state index in [0.717, 1.165) is 65.6 Å². The van der Waals surface area contributed by atoms with Crippen molar-refractivity contribution >= 4 is 50.6 Å². The molecule has 0 saturated heterocycles. The summed E-state index contributed by atoms with van der Waals surface area (Å²) >= 11 is 0.156. The number of carbonyl (C=O) groups excluding carboxylic acids is 1. The minimum atomic E-state index is -0.0605. The van der Waals surface area contributed by atoms with Crippen molar-refractivity contribution in [3.8, 4) is 11.3 Å². The monoisotopic (exact) mass is 906 g/mol. The number of fused-ring (bicyclic) bond motifs is 4. The molecule has 0 amide bonds. The van der Waals surface area contributed by atoms with Gasteiger partial charge >= 0.3 is 202 Å². The van der Waals surface area contributed by atoms with Gasteiger partial charge in [-0.05, 0) is 25.7 Å². The number of aryl methyl sites for hydroxylation is 1. The van der Waals surface area contributed by atoms with Gasteiger partial charge in [-0.25, -0.2) is 0 Å². The summed E-state index contributed by atoms with van der Waals surface area (Å²) < 4.78 is 2.65. The normalized spacial score (nSPS) is 12.5. The number of nitrogens with zero attached hydrogens (tertiary/aromatic N) is 4. The second-order valence-electron chi connectivity index (χ2n) is 15.1. The zero-order chi connectivity index (χ0) is 35.4. The molecule has 3 aromatic heterocycles. The molecule has 0 aliphatic heterocycles. The van der Waals surface area contributed by atoms with E-state index in [1.165, 1.54) is 31.1 Å². The number of benzene rings is 2. The molecule has 265 valence electrons. The number of hydrogen-bond acceptors (Lipinski definition) is 6. The van der Waals surface area contributed by atoms with E-state index < -0.39 is 0 Å². The molecule has 0 fully saturated rings. The van der Waals surface area contributed by atoms with Gasteiger partial charge in [-0.2, -0.15) is 0 Å². The number of aromatic nitrogens is 4. The average Bonchev–Trinajstić information content (AvgIpc) is 3.38. The number of aliphatic hydroxyl groups is 1. The molecule has 0 bridgehead atoms. The number of carbonyl (C=O) groups is 1. The molecule has 0 atom stereocenters. The first kappa shape index (κ1) is 40.7. The Balaban J connectivity index is 0.000000347. The first-order valence-electron chi connectivity index (χ1n) is 17.4. The van der Waals surface area contributed by atoms with Crippen LogP contribution in [0.25, 0.3) is 41.6 Å². The molecule has 0 unspecified atom stereocenters. The average molecular weight is 905 g/mol. The maximum absolute atomic E-state index is 11.7. The Morgan fingerprint density at radius 1 is 0.918 bits per heavy atom. The van der Waals surface area contributed by atoms with Gasteiger partial charge in [-0.15, -0.1) is 0 Å². The second kappa shape index (κ2) is 17.0. The third-order valence-electron chi connectivity index (χ3n) is 8.92. The van der Waals surface area contributed by atoms with E-state index in [-0.39, 0.29) is 68.8 Å². The van der Waals surface area contributed by atoms with Crippen LogP contribution in [-0.4, -0.2) is 45.3 Å². The first-order chi connectivity index (χ1) is 22.6. The van der Waals surface area contributed by atoms with E-state index in [1.807, 2.05) is 40.8 Å². The first-order valence-corrected chi connectivity index (χ1v) is 19.1. The van der Waals surface area contributed by atoms with Crippen molar-refractivity contribution in [3.05, 3.63) is 71.6 Å². The van der Waals surface area contributed by atoms with Crippen LogP contribution in [-0.2, 0) is 36.7 Å². The molecule has 2 aromatic carbocycles. The summed E-state index contributed by atoms with van der Waals surface area (Å²) in [4.78, 5) is 30.4. The van der Waals surface area contributed by atoms with Gasteiger partial charge in [-0.3, -0.25) is 4.79 Å². The van der Waals surface area contributed by atoms with Crippen molar-refractivity contribution in [2.45, 2.75) is 114 Å². The van der Waals surface area contributed by atoms with Gasteiger partial charge in [0, 0.05) is 38.0 Å². The number of rotatable bonds is 9. The van der Waals surface area contributed by atoms with Crippen LogP contribution >= 0.6 is 0 Å². The van der Waals surface area contributed by atoms with E-state index in [4.69, 9.17) is 15.0 Å². The van der Waals surface area contributed by atoms with Crippen LogP contribution in [0.15, 0.2) is 48.6 Å². The summed E-state index contributed by atoms with van der Waals surface area (Å²) in [6.45, 7) is 23.6. The SMILES string of the molecule is CCC(CC)C(=O)/C=C(\O)C(CC)CC.Cc1ncc2[c-]c(-c3ncnc4c3[se]c3cc(CC(C)(C)C)ccc34)cc(C(C)(C)C)c2n1.[Ir]. The van der Waals surface area contributed by atoms with Gasteiger partial charge in [-0.1, -0.05) is 27.7 Å². The van der Waals surface area contributed by atoms with Crippen LogP contribution in [0.1, 0.15) is 112 Å². The van der Waals surface area contributed by atoms with Crippen molar-refractivity contribution < 1.29 is 30.0 Å². The quantitative estimate of drug-likeness (QED) is 0.0686. The van der Waals surface area contributed by atoms with Gasteiger partial charge in [0.05, 0.1) is 5.76 Å². The predicted octanol–water partition coefficient (Wildman–Crippen LogP) is 10.3. The van der Waals surface area contributed by atoms with E-state index >= 15 is 0 Å². The van der Waals surface area contributed by atoms with Crippen molar-refractivity contribution in [2.24, 2.45) is 17.3 Å². The van der Waals surface area contributed by atoms with Gasteiger partial charge in [0.2, 0.25) is 0 Å². The van der Waals surface area contributed by atoms with Crippen molar-refractivity contribution in [1.29, 1.82) is 0 Å². The topological polar surface area (TPSA) is 88.9 Å². The van der Waals surface area contributed by atoms with E-state index in [0.29, 0.717) is 0 Å². The Bertz CT molecular complexity index is 1930. The fraction of sp³-hybridized carbons (Fsp3) is 0.488. The number of aliphatic hydroxyl groups excluding tert-OH is 1. The predicted molar refractivity (Wildman–Crippen MR) is 202 cm³/mol. The smallest absolute Gasteiger partial charge is 0 e. The molecule has 0 aliphatic carbocycles. The Kier molecular flexibility index (Phi) is 14.1. The molecule has 5 aromatic rings. The van der Waals surface area contributed by atoms with Crippen LogP contribution in [0.3, 0.4) is 0 Å². The van der Waals surface area contributed by atoms with E-state index in [9.17, 15) is 9.90 Å². The molecule has 8 heteroatoms. The fourth-order valence-corrected chi connectivity index (χ4v) is 8.74. The third kappa shape index (κ3) is 9.94. The Labute approximate surface area is 312 Å². The molecule has 1 N–H and O–H groups in total. The third-order valence-corrected chi connectivity index (χ3v) is 11.3. The minimum Gasteiger partial charge on any atom is 0 e. The maximum Gasteiger partial charge on any atom is 0 e. The van der Waals surface area contributed by atoms with Gasteiger partial charge in [0.1, 0.15) is 0 Å². The summed E-state index contributed by atoms with van der Waals surface area (Å²) in [5.41, 5.74) is 6.83. The minimum absolute atomic E-state index is 0. The van der Waals surface area contributed by atoms with Crippen LogP contribution in [0.4, 0.5) is 0 Å². The Morgan fingerprint density at radius 3 is 2.16 bits per heavy atom. The summed E-state index contributed by atoms with van der Waals surface area (Å²) in [6.07, 6.45) is 9.56. The number of hydrogen-bond donors (Lipinski definition) is 1. The summed E-state index contributed by atoms with van der Waals surface area (Å²) in [5, 5.41) is 11.9. The Hall–Kier alpha value is -2.76. The molecule has 3 heterocycles. The molecular formula is C41H53IrN4O2Se-. The number of allylic oxidation sites excluding steroid dienone is 2. The molecule has 1 radical (unpaired) electrons. The largest absolute Gasteiger partial charge is 0 e. The van der Waals surface area contributed by atoms with Gasteiger partial charge in [0.15, 0.2) is 5.78 Å². The van der Waals surface area contributed by atoms with Crippen LogP contribution in [0.2, 0.25) is 0 Å². The summed E-state index contributed by atoms with van der Waals surface area (Å²) in [6, 6.07) is 12.7. The fourth-order valence-electron chi connectivity index (χ4n) is 6.17. The van der Waals surface area contributed by atoms with Gasteiger partial charge < -0.3 is 5.11 Å². The van der Waals surface area contributed by atoms with Crippen LogP contribution < -0.4 is 0 Å². The summed E-state index contributed by atoms with van der Waals surface area (Å²) in [7, 11) is 0. The molecule has 0 saturated carbocycles. The Morgan fingerprint density at radius 2 is 1.57 bits per heavy atom. The summed E-state index contributed by atoms with van der Waals surface area (Å²) in [5.74, 6) is 1.33. The molecular weight excluding hydrogens is 852 g/mol. The zero-order valence-corrected chi connectivity index (χ0v) is 35.2. The van der Waals surface area contributed by atoms with E-state index in [1.54, 1.807) is 6.33 Å². The maximum atomic E-state index is 11.7. The zero-order valence-electron chi connectivity index (χ0n) is 31.1. The van der Waals surface area contributed by atoms with Crippen molar-refractivity contribution in [2.75, 3.05) is 0 Å². The molecule has 6 nitrogen and oxygen atoms in total. The molecule has 5 rings (SSSR count). The van der Waals surface area contributed by atoms with Crippen LogP contribution in [0, 0.1) is 30.2 Å². The molecule has 0 spiro atoms. The van der Waals surface area contributed by atoms with Gasteiger partial charge in [0.25, 0.3) is 0 Å². The van der Waals surface area contributed by atoms with Crippen LogP contribution in [0.5, 0.6) is 0 Å². The van der Waals surface area contributed by atoms with Crippen molar-refractivity contribution in [3.63, 3.8) is 0 Å². The second-order valence-corrected chi connectivity index (χ2v) is 17.3. The molecule has 0 aliphatic rings. The van der Waals surface area contributed by atoms with E-state index in [2.05, 4.69) is 76.9 Å². The van der Waals surface area contributed by atoms with Crippen molar-refractivity contribution in [1.82, 2.24) is 19.9 Å².